The molecule has 0 saturated carbocycles. The normalized spacial score (nSPS) is 10.9. The molecule has 3 nitrogen and oxygen atoms in total. The van der Waals surface area contributed by atoms with E-state index in [0.29, 0.717) is 0 Å². The van der Waals surface area contributed by atoms with Crippen molar-refractivity contribution in [2.45, 2.75) is 6.54 Å². The Morgan fingerprint density at radius 1 is 1.50 bits per heavy atom. The largest absolute Gasteiger partial charge is 0.311 e. The SMILES string of the molecule is CN(C)CCNCc1ccncc1Br. The molecule has 0 spiro atoms. The molecule has 1 aromatic rings. The molecule has 4 heteroatoms. The fourth-order valence-corrected chi connectivity index (χ4v) is 1.46. The van der Waals surface area contributed by atoms with Gasteiger partial charge in [-0.2, -0.15) is 0 Å². The number of likely N-dealkylation sites (N-methyl/N-ethyl adjacent to an activating group) is 1. The monoisotopic (exact) mass is 257 g/mol. The number of aromatic nitrogens is 1. The quantitative estimate of drug-likeness (QED) is 0.811. The molecule has 0 fully saturated rings. The van der Waals surface area contributed by atoms with Gasteiger partial charge in [0, 0.05) is 36.5 Å². The van der Waals surface area contributed by atoms with Gasteiger partial charge < -0.3 is 10.2 Å². The number of nitrogens with zero attached hydrogens (tertiary/aromatic N) is 2. The fraction of sp³-hybridized carbons (Fsp3) is 0.500. The van der Waals surface area contributed by atoms with Crippen LogP contribution in [0, 0.1) is 0 Å². The summed E-state index contributed by atoms with van der Waals surface area (Å²) >= 11 is 3.46. The maximum absolute atomic E-state index is 4.02. The van der Waals surface area contributed by atoms with Crippen molar-refractivity contribution in [3.8, 4) is 0 Å². The van der Waals surface area contributed by atoms with Crippen LogP contribution in [0.15, 0.2) is 22.9 Å². The van der Waals surface area contributed by atoms with Gasteiger partial charge in [0.25, 0.3) is 0 Å². The van der Waals surface area contributed by atoms with E-state index in [9.17, 15) is 0 Å². The zero-order valence-electron chi connectivity index (χ0n) is 8.63. The van der Waals surface area contributed by atoms with Gasteiger partial charge in [-0.15, -0.1) is 0 Å². The van der Waals surface area contributed by atoms with Crippen molar-refractivity contribution in [2.24, 2.45) is 0 Å². The van der Waals surface area contributed by atoms with Crippen molar-refractivity contribution in [3.05, 3.63) is 28.5 Å². The first-order valence-electron chi connectivity index (χ1n) is 4.64. The van der Waals surface area contributed by atoms with Crippen LogP contribution in [0.1, 0.15) is 5.56 Å². The third-order valence-corrected chi connectivity index (χ3v) is 2.62. The lowest BCUT2D eigenvalue weighted by atomic mass is 10.3. The van der Waals surface area contributed by atoms with Gasteiger partial charge in [-0.25, -0.2) is 0 Å². The van der Waals surface area contributed by atoms with Crippen LogP contribution in [0.3, 0.4) is 0 Å². The summed E-state index contributed by atoms with van der Waals surface area (Å²) in [6.07, 6.45) is 3.64. The van der Waals surface area contributed by atoms with Crippen molar-refractivity contribution >= 4 is 15.9 Å². The number of halogens is 1. The van der Waals surface area contributed by atoms with E-state index in [1.165, 1.54) is 5.56 Å². The molecule has 0 aliphatic heterocycles. The Bertz CT molecular complexity index is 276. The second kappa shape index (κ2) is 6.11. The lowest BCUT2D eigenvalue weighted by molar-refractivity contribution is 0.400. The molecule has 78 valence electrons. The van der Waals surface area contributed by atoms with Crippen LogP contribution in [0.5, 0.6) is 0 Å². The van der Waals surface area contributed by atoms with Crippen molar-refractivity contribution in [1.29, 1.82) is 0 Å². The molecular formula is C10H16BrN3. The highest BCUT2D eigenvalue weighted by atomic mass is 79.9. The van der Waals surface area contributed by atoms with Crippen LogP contribution < -0.4 is 5.32 Å². The number of pyridine rings is 1. The zero-order valence-corrected chi connectivity index (χ0v) is 10.2. The molecule has 0 unspecified atom stereocenters. The Morgan fingerprint density at radius 2 is 2.29 bits per heavy atom. The lowest BCUT2D eigenvalue weighted by Gasteiger charge is -2.10. The van der Waals surface area contributed by atoms with Crippen LogP contribution in [-0.4, -0.2) is 37.1 Å². The van der Waals surface area contributed by atoms with Gasteiger partial charge in [0.1, 0.15) is 0 Å². The summed E-state index contributed by atoms with van der Waals surface area (Å²) in [7, 11) is 4.15. The maximum atomic E-state index is 4.02. The molecule has 1 N–H and O–H groups in total. The van der Waals surface area contributed by atoms with E-state index >= 15 is 0 Å². The van der Waals surface area contributed by atoms with Gasteiger partial charge in [0.2, 0.25) is 0 Å². The van der Waals surface area contributed by atoms with E-state index in [1.54, 1.807) is 0 Å². The summed E-state index contributed by atoms with van der Waals surface area (Å²) < 4.78 is 1.07. The second-order valence-corrected chi connectivity index (χ2v) is 4.30. The molecule has 1 heterocycles. The van der Waals surface area contributed by atoms with Gasteiger partial charge in [0.15, 0.2) is 0 Å². The van der Waals surface area contributed by atoms with E-state index < -0.39 is 0 Å². The van der Waals surface area contributed by atoms with Gasteiger partial charge >= 0.3 is 0 Å². The average Bonchev–Trinajstić information content (AvgIpc) is 2.15. The van der Waals surface area contributed by atoms with Gasteiger partial charge in [-0.1, -0.05) is 0 Å². The Hall–Kier alpha value is -0.450. The molecule has 1 rings (SSSR count). The Kier molecular flexibility index (Phi) is 5.07. The van der Waals surface area contributed by atoms with Crippen molar-refractivity contribution < 1.29 is 0 Å². The van der Waals surface area contributed by atoms with E-state index in [0.717, 1.165) is 24.1 Å². The van der Waals surface area contributed by atoms with E-state index in [-0.39, 0.29) is 0 Å². The Labute approximate surface area is 93.7 Å². The number of hydrogen-bond acceptors (Lipinski definition) is 3. The summed E-state index contributed by atoms with van der Waals surface area (Å²) in [6.45, 7) is 2.95. The molecular weight excluding hydrogens is 242 g/mol. The van der Waals surface area contributed by atoms with Crippen LogP contribution >= 0.6 is 15.9 Å². The summed E-state index contributed by atoms with van der Waals surface area (Å²) in [4.78, 5) is 6.18. The van der Waals surface area contributed by atoms with Gasteiger partial charge in [-0.3, -0.25) is 4.98 Å². The maximum Gasteiger partial charge on any atom is 0.0413 e. The first-order valence-corrected chi connectivity index (χ1v) is 5.43. The van der Waals surface area contributed by atoms with Crippen molar-refractivity contribution in [1.82, 2.24) is 15.2 Å². The van der Waals surface area contributed by atoms with E-state index in [4.69, 9.17) is 0 Å². The smallest absolute Gasteiger partial charge is 0.0413 e. The van der Waals surface area contributed by atoms with Crippen LogP contribution in [-0.2, 0) is 6.54 Å². The fourth-order valence-electron chi connectivity index (χ4n) is 1.07. The highest BCUT2D eigenvalue weighted by Gasteiger charge is 1.97. The first kappa shape index (κ1) is 11.6. The second-order valence-electron chi connectivity index (χ2n) is 3.45. The average molecular weight is 258 g/mol. The molecule has 14 heavy (non-hydrogen) atoms. The molecule has 0 atom stereocenters. The number of rotatable bonds is 5. The minimum Gasteiger partial charge on any atom is -0.311 e. The minimum atomic E-state index is 0.886. The summed E-state index contributed by atoms with van der Waals surface area (Å²) in [5.74, 6) is 0. The van der Waals surface area contributed by atoms with Crippen LogP contribution in [0.25, 0.3) is 0 Å². The zero-order chi connectivity index (χ0) is 10.4. The van der Waals surface area contributed by atoms with Gasteiger partial charge in [-0.05, 0) is 41.7 Å². The summed E-state index contributed by atoms with van der Waals surface area (Å²) in [6, 6.07) is 2.02. The predicted octanol–water partition coefficient (Wildman–Crippen LogP) is 1.50. The number of hydrogen-bond donors (Lipinski definition) is 1. The molecule has 0 aliphatic carbocycles. The van der Waals surface area contributed by atoms with Crippen molar-refractivity contribution in [3.63, 3.8) is 0 Å². The molecule has 0 bridgehead atoms. The molecule has 1 aromatic heterocycles. The molecule has 0 radical (unpaired) electrons. The third kappa shape index (κ3) is 4.17. The van der Waals surface area contributed by atoms with Gasteiger partial charge in [0.05, 0.1) is 0 Å². The first-order chi connectivity index (χ1) is 6.70. The minimum absolute atomic E-state index is 0.886. The lowest BCUT2D eigenvalue weighted by Crippen LogP contribution is -2.26. The van der Waals surface area contributed by atoms with E-state index in [1.807, 2.05) is 18.5 Å². The standard InChI is InChI=1S/C10H16BrN3/c1-14(2)6-5-13-7-9-3-4-12-8-10(9)11/h3-4,8,13H,5-7H2,1-2H3. The Balaban J connectivity index is 2.28. The topological polar surface area (TPSA) is 28.2 Å². The van der Waals surface area contributed by atoms with Crippen LogP contribution in [0.2, 0.25) is 0 Å². The molecule has 0 amide bonds. The Morgan fingerprint density at radius 3 is 2.93 bits per heavy atom. The predicted molar refractivity (Wildman–Crippen MR) is 62.2 cm³/mol. The summed E-state index contributed by atoms with van der Waals surface area (Å²) in [5, 5.41) is 3.37. The molecule has 0 saturated heterocycles. The summed E-state index contributed by atoms with van der Waals surface area (Å²) in [5.41, 5.74) is 1.25. The third-order valence-electron chi connectivity index (χ3n) is 1.91. The van der Waals surface area contributed by atoms with E-state index in [2.05, 4.69) is 45.2 Å². The van der Waals surface area contributed by atoms with Crippen LogP contribution in [0.4, 0.5) is 0 Å². The highest BCUT2D eigenvalue weighted by molar-refractivity contribution is 9.10. The van der Waals surface area contributed by atoms with Crippen molar-refractivity contribution in [2.75, 3.05) is 27.2 Å². The highest BCUT2D eigenvalue weighted by Crippen LogP contribution is 2.13. The molecule has 0 aliphatic rings. The number of nitrogens with one attached hydrogen (secondary N) is 1. The molecule has 0 aromatic carbocycles.